The van der Waals surface area contributed by atoms with Crippen LogP contribution in [0.15, 0.2) is 224 Å². The van der Waals surface area contributed by atoms with Gasteiger partial charge in [0.1, 0.15) is 22.1 Å². The molecule has 4 heterocycles. The molecular formula is C133H163N5S4. The third-order valence-electron chi connectivity index (χ3n) is 32.1. The van der Waals surface area contributed by atoms with Crippen molar-refractivity contribution in [2.24, 2.45) is 0 Å². The van der Waals surface area contributed by atoms with Crippen LogP contribution in [0.1, 0.15) is 388 Å². The van der Waals surface area contributed by atoms with E-state index in [1.54, 1.807) is 33.4 Å². The molecule has 744 valence electrons. The minimum atomic E-state index is 0.0906. The summed E-state index contributed by atoms with van der Waals surface area (Å²) in [5, 5.41) is 0. The van der Waals surface area contributed by atoms with Crippen molar-refractivity contribution in [1.29, 1.82) is 0 Å². The Labute approximate surface area is 872 Å². The molecule has 0 atom stereocenters. The Bertz CT molecular complexity index is 6550. The van der Waals surface area contributed by atoms with E-state index in [0.29, 0.717) is 0 Å². The fourth-order valence-electron chi connectivity index (χ4n) is 24.2. The lowest BCUT2D eigenvalue weighted by molar-refractivity contribution is 0.398. The summed E-state index contributed by atoms with van der Waals surface area (Å²) in [6.07, 6.45) is 55.9. The van der Waals surface area contributed by atoms with E-state index in [1.807, 2.05) is 22.7 Å². The van der Waals surface area contributed by atoms with Crippen LogP contribution in [0.3, 0.4) is 0 Å². The molecule has 0 aliphatic heterocycles. The molecule has 9 heteroatoms. The summed E-state index contributed by atoms with van der Waals surface area (Å²) in [5.41, 5.74) is 44.4. The van der Waals surface area contributed by atoms with Gasteiger partial charge in [-0.05, 0) is 267 Å². The number of hydrogen-bond acceptors (Lipinski definition) is 9. The van der Waals surface area contributed by atoms with E-state index in [9.17, 15) is 0 Å². The van der Waals surface area contributed by atoms with Crippen molar-refractivity contribution >= 4 is 85.3 Å². The lowest BCUT2D eigenvalue weighted by Gasteiger charge is -2.33. The molecule has 11 aromatic carbocycles. The lowest BCUT2D eigenvalue weighted by Crippen LogP contribution is -2.25. The van der Waals surface area contributed by atoms with Gasteiger partial charge in [-0.2, -0.15) is 17.5 Å². The summed E-state index contributed by atoms with van der Waals surface area (Å²) >= 11 is 6.37. The highest BCUT2D eigenvalue weighted by atomic mass is 32.1. The smallest absolute Gasteiger partial charge is 0.114 e. The van der Waals surface area contributed by atoms with Crippen molar-refractivity contribution in [3.63, 3.8) is 0 Å². The molecule has 0 saturated carbocycles. The molecule has 0 unspecified atom stereocenters. The van der Waals surface area contributed by atoms with Crippen LogP contribution in [0, 0.1) is 55.4 Å². The first-order valence-corrected chi connectivity index (χ1v) is 59.0. The molecule has 3 aliphatic carbocycles. The number of fused-ring (bicyclic) bond motifs is 11. The Kier molecular flexibility index (Phi) is 37.6. The number of hydrogen-bond donors (Lipinski definition) is 0. The number of rotatable bonds is 50. The largest absolute Gasteiger partial charge is 0.310 e. The van der Waals surface area contributed by atoms with Crippen molar-refractivity contribution in [3.8, 4) is 87.0 Å². The molecule has 15 aromatic rings. The first kappa shape index (κ1) is 105. The highest BCUT2D eigenvalue weighted by Crippen LogP contribution is 2.60. The standard InChI is InChI=1S/C51H63N.C45H52N2S3.C37H48N2S/c1-7-9-11-13-15-17-33-51(34-18-16-14-12-10-8-2)48-36-40(5)21-30-46(48)47-31-25-43(37-49(47)51)42-23-28-45(29-24-42)52(44-26-19-38(3)20-27-44)50-32-22-39(4)35-41(50)6;1-5-7-9-11-13-15-27-45(28-16-14-12-10-8-6-2)38-29-31(3)17-20-34(38)35-21-19-33(30-39(35)45)40-25-26-42(49-40)37-23-22-36(41-24-18-32(4)48-41)43-44(37)47-50-46-43;1-5-7-9-11-13-15-23-37(24-16-14-12-10-8-6-2)33-25-27(3)17-20-31(33)32-22-19-29(26-34(32)37)30-21-18-28(4)35-36(30)39-40-38-35/h19-32,35-37H,7-18,33-34H2,1-6H3;17-26,29-30H,5-16,27-28H2,1-4H3;17-22,25-26H,5-16,23-24H2,1-4H3. The number of aryl methyl sites for hydroxylation is 8. The monoisotopic (exact) mass is 1960 g/mol. The molecule has 0 bridgehead atoms. The second-order valence-electron chi connectivity index (χ2n) is 42.9. The molecule has 0 saturated heterocycles. The summed E-state index contributed by atoms with van der Waals surface area (Å²) in [7, 11) is 0. The normalized spacial score (nSPS) is 13.2. The van der Waals surface area contributed by atoms with E-state index in [-0.39, 0.29) is 16.2 Å². The van der Waals surface area contributed by atoms with Gasteiger partial charge in [-0.1, -0.05) is 452 Å². The molecule has 0 fully saturated rings. The third kappa shape index (κ3) is 24.3. The zero-order chi connectivity index (χ0) is 99.0. The summed E-state index contributed by atoms with van der Waals surface area (Å²) < 4.78 is 18.9. The van der Waals surface area contributed by atoms with Crippen molar-refractivity contribution in [3.05, 3.63) is 302 Å². The predicted molar refractivity (Wildman–Crippen MR) is 623 cm³/mol. The highest BCUT2D eigenvalue weighted by Gasteiger charge is 2.46. The summed E-state index contributed by atoms with van der Waals surface area (Å²) in [6, 6.07) is 87.0. The molecule has 0 radical (unpaired) electrons. The number of aromatic nitrogens is 4. The minimum absolute atomic E-state index is 0.0906. The van der Waals surface area contributed by atoms with E-state index in [0.717, 1.165) is 22.1 Å². The predicted octanol–water partition coefficient (Wildman–Crippen LogP) is 42.8. The van der Waals surface area contributed by atoms with Gasteiger partial charge in [0.25, 0.3) is 0 Å². The summed E-state index contributed by atoms with van der Waals surface area (Å²) in [6.45, 7) is 31.6. The Morgan fingerprint density at radius 1 is 0.211 bits per heavy atom. The molecule has 0 N–H and O–H groups in total. The second kappa shape index (κ2) is 50.9. The van der Waals surface area contributed by atoms with Gasteiger partial charge in [-0.3, -0.25) is 0 Å². The van der Waals surface area contributed by atoms with Crippen molar-refractivity contribution in [2.45, 2.75) is 383 Å². The molecule has 4 aromatic heterocycles. The van der Waals surface area contributed by atoms with Crippen molar-refractivity contribution < 1.29 is 0 Å². The Balaban J connectivity index is 0.000000155. The quantitative estimate of drug-likeness (QED) is 0.0356. The van der Waals surface area contributed by atoms with E-state index < -0.39 is 0 Å². The number of nitrogens with zero attached hydrogens (tertiary/aromatic N) is 5. The average molecular weight is 1960 g/mol. The highest BCUT2D eigenvalue weighted by molar-refractivity contribution is 7.19. The number of unbranched alkanes of at least 4 members (excludes halogenated alkanes) is 30. The topological polar surface area (TPSA) is 54.8 Å². The van der Waals surface area contributed by atoms with Crippen molar-refractivity contribution in [2.75, 3.05) is 4.90 Å². The van der Waals surface area contributed by atoms with Gasteiger partial charge in [-0.15, -0.1) is 22.7 Å². The summed E-state index contributed by atoms with van der Waals surface area (Å²) in [4.78, 5) is 7.58. The van der Waals surface area contributed by atoms with Gasteiger partial charge in [0.15, 0.2) is 0 Å². The molecule has 0 spiro atoms. The van der Waals surface area contributed by atoms with Gasteiger partial charge in [0.2, 0.25) is 0 Å². The van der Waals surface area contributed by atoms with Crippen molar-refractivity contribution in [1.82, 2.24) is 17.5 Å². The van der Waals surface area contributed by atoms with E-state index in [1.165, 1.54) is 441 Å². The molecule has 18 rings (SSSR count). The molecule has 0 amide bonds. The van der Waals surface area contributed by atoms with Gasteiger partial charge < -0.3 is 4.90 Å². The Hall–Kier alpha value is -9.74. The maximum Gasteiger partial charge on any atom is 0.114 e. The van der Waals surface area contributed by atoms with Gasteiger partial charge >= 0.3 is 0 Å². The first-order chi connectivity index (χ1) is 69.4. The zero-order valence-corrected chi connectivity index (χ0v) is 92.2. The molecule has 142 heavy (non-hydrogen) atoms. The fourth-order valence-corrected chi connectivity index (χ4v) is 27.4. The summed E-state index contributed by atoms with van der Waals surface area (Å²) in [5.74, 6) is 0. The van der Waals surface area contributed by atoms with Crippen LogP contribution in [0.25, 0.3) is 109 Å². The molecular weight excluding hydrogens is 1800 g/mol. The fraction of sp³-hybridized carbons (Fsp3) is 0.444. The van der Waals surface area contributed by atoms with Crippen LogP contribution >= 0.6 is 46.1 Å². The number of anilines is 3. The Morgan fingerprint density at radius 2 is 0.500 bits per heavy atom. The van der Waals surface area contributed by atoms with Crippen LogP contribution in [0.4, 0.5) is 17.1 Å². The van der Waals surface area contributed by atoms with Gasteiger partial charge in [0.05, 0.1) is 23.5 Å². The maximum atomic E-state index is 4.81. The Morgan fingerprint density at radius 3 is 0.901 bits per heavy atom. The zero-order valence-electron chi connectivity index (χ0n) is 88.9. The van der Waals surface area contributed by atoms with Crippen LogP contribution in [-0.2, 0) is 16.2 Å². The van der Waals surface area contributed by atoms with Crippen LogP contribution in [-0.4, -0.2) is 17.5 Å². The molecule has 5 nitrogen and oxygen atoms in total. The number of benzene rings is 11. The van der Waals surface area contributed by atoms with E-state index in [4.69, 9.17) is 13.1 Å². The SMILES string of the molecule is CCCCCCCCC1(CCCCCCCC)c2cc(C)ccc2-c2ccc(-c3ccc(-c4ccc(-c5ccc(C)s5)c5nsnc45)s3)cc21.CCCCCCCCC1(CCCCCCCC)c2cc(C)ccc2-c2ccc(-c3ccc(C)c4nsnc34)cc21.CCCCCCCCC1(CCCCCCCC)c2cc(C)ccc2-c2ccc(-c3ccc(N(c4ccc(C)cc4)c4ccc(C)cc4C)cc3)cc21. The first-order valence-electron chi connectivity index (χ1n) is 55.9. The molecule has 3 aliphatic rings. The number of thiophene rings is 2. The van der Waals surface area contributed by atoms with Gasteiger partial charge in [-0.25, -0.2) is 0 Å². The second-order valence-corrected chi connectivity index (χ2v) is 46.3. The average Bonchev–Trinajstić information content (AvgIpc) is 1.57. The van der Waals surface area contributed by atoms with E-state index in [2.05, 4.69) is 331 Å². The van der Waals surface area contributed by atoms with Crippen LogP contribution in [0.2, 0.25) is 0 Å². The van der Waals surface area contributed by atoms with Crippen LogP contribution in [0.5, 0.6) is 0 Å². The van der Waals surface area contributed by atoms with E-state index >= 15 is 0 Å². The third-order valence-corrected chi connectivity index (χ3v) is 35.4. The van der Waals surface area contributed by atoms with Gasteiger partial charge in [0, 0.05) is 69.5 Å². The van der Waals surface area contributed by atoms with Crippen LogP contribution < -0.4 is 4.90 Å². The minimum Gasteiger partial charge on any atom is -0.310 e. The lowest BCUT2D eigenvalue weighted by atomic mass is 9.70. The maximum absolute atomic E-state index is 4.81.